The van der Waals surface area contributed by atoms with Crippen molar-refractivity contribution in [3.05, 3.63) is 11.6 Å². The Bertz CT molecular complexity index is 2490. The Kier molecular flexibility index (Phi) is 19.9. The fraction of sp³-hybridized carbons (Fsp3) is 0.934. The van der Waals surface area contributed by atoms with E-state index in [0.29, 0.717) is 57.8 Å². The van der Waals surface area contributed by atoms with Crippen LogP contribution in [0.3, 0.4) is 0 Å². The van der Waals surface area contributed by atoms with Gasteiger partial charge in [-0.3, -0.25) is 9.59 Å². The van der Waals surface area contributed by atoms with Gasteiger partial charge in [0.15, 0.2) is 25.2 Å². The third-order valence-corrected chi connectivity index (χ3v) is 23.5. The third kappa shape index (κ3) is 11.8. The lowest BCUT2D eigenvalue weighted by Gasteiger charge is -2.71. The van der Waals surface area contributed by atoms with Crippen molar-refractivity contribution in [2.45, 2.75) is 280 Å². The normalized spacial score (nSPS) is 53.7. The minimum absolute atomic E-state index is 0.0746. The van der Waals surface area contributed by atoms with Gasteiger partial charge in [-0.15, -0.1) is 0 Å². The molecule has 0 spiro atoms. The van der Waals surface area contributed by atoms with Gasteiger partial charge in [0.25, 0.3) is 0 Å². The molecule has 5 aliphatic heterocycles. The zero-order valence-corrected chi connectivity index (χ0v) is 51.7. The number of rotatable bonds is 14. The number of carbonyl (C=O) groups is 2. The van der Waals surface area contributed by atoms with Crippen LogP contribution in [0.5, 0.6) is 0 Å². The number of ether oxygens (including phenoxy) is 11. The van der Waals surface area contributed by atoms with Crippen LogP contribution in [0.25, 0.3) is 0 Å². The van der Waals surface area contributed by atoms with Crippen molar-refractivity contribution in [1.29, 1.82) is 0 Å². The molecule has 0 aromatic carbocycles. The van der Waals surface area contributed by atoms with Crippen LogP contribution < -0.4 is 0 Å². The minimum Gasteiger partial charge on any atom is -0.463 e. The van der Waals surface area contributed by atoms with Crippen molar-refractivity contribution in [2.24, 2.45) is 50.2 Å². The molecule has 10 rings (SSSR count). The number of hydrogen-bond acceptors (Lipinski definition) is 27. The standard InChI is InChI=1S/C61H98O27/c1-25-36(65)40(69)44(73)51(81-25)86-48-32(23-78-27(3)63)84-50(47(76)43(48)72)80-22-31-39(68)42(71)46(75)53(83-31)88-55(77)61-18-16-56(4,5)20-29(61)28-10-11-34-57(6)14-13-35(58(7,24-62)33(57)12-15-60(34,9)59(28,8)17-19-61)85-54-49(38(67)30(64)21-79-54)87-52-45(74)41(70)37(66)26(2)82-52/h10,25-26,29-54,62,64-76H,11-24H2,1-9H3/t25-,26-,29-,30-,31+,32+,33+,34+,35-,36-,37-,38-,39+,40+,41+,42-,43+,44+,45+,46+,47?,48+,49+,50+,51-,52-,53-,54-,57-,58-,59+,60+,61-/m0/s1. The van der Waals surface area contributed by atoms with Crippen molar-refractivity contribution in [1.82, 2.24) is 0 Å². The molecular weight excluding hydrogens is 1160 g/mol. The van der Waals surface area contributed by atoms with Crippen LogP contribution in [-0.4, -0.2) is 263 Å². The number of aliphatic hydroxyl groups excluding tert-OH is 14. The Morgan fingerprint density at radius 3 is 1.77 bits per heavy atom. The van der Waals surface area contributed by atoms with Gasteiger partial charge in [0.2, 0.25) is 6.29 Å². The third-order valence-electron chi connectivity index (χ3n) is 23.5. The van der Waals surface area contributed by atoms with Gasteiger partial charge in [-0.05, 0) is 117 Å². The zero-order chi connectivity index (χ0) is 64.3. The Balaban J connectivity index is 0.838. The largest absolute Gasteiger partial charge is 0.463 e. The highest BCUT2D eigenvalue weighted by atomic mass is 16.8. The van der Waals surface area contributed by atoms with Crippen LogP contribution in [0.2, 0.25) is 0 Å². The van der Waals surface area contributed by atoms with E-state index in [1.165, 1.54) is 19.4 Å². The molecule has 5 heterocycles. The van der Waals surface area contributed by atoms with Gasteiger partial charge in [0.1, 0.15) is 110 Å². The lowest BCUT2D eigenvalue weighted by atomic mass is 9.33. The second kappa shape index (κ2) is 25.5. The number of fused-ring (bicyclic) bond motifs is 7. The molecule has 27 nitrogen and oxygen atoms in total. The molecule has 504 valence electrons. The van der Waals surface area contributed by atoms with Crippen LogP contribution >= 0.6 is 0 Å². The van der Waals surface area contributed by atoms with E-state index in [1.807, 2.05) is 6.92 Å². The second-order valence-electron chi connectivity index (χ2n) is 29.1. The molecule has 5 saturated heterocycles. The van der Waals surface area contributed by atoms with E-state index in [0.717, 1.165) is 13.3 Å². The summed E-state index contributed by atoms with van der Waals surface area (Å²) in [4.78, 5) is 27.2. The molecule has 0 amide bonds. The van der Waals surface area contributed by atoms with Gasteiger partial charge < -0.3 is 124 Å². The number of hydrogen-bond donors (Lipinski definition) is 14. The maximum Gasteiger partial charge on any atom is 0.315 e. The van der Waals surface area contributed by atoms with Gasteiger partial charge in [-0.25, -0.2) is 0 Å². The monoisotopic (exact) mass is 1260 g/mol. The van der Waals surface area contributed by atoms with Gasteiger partial charge >= 0.3 is 11.9 Å². The van der Waals surface area contributed by atoms with E-state index >= 15 is 4.79 Å². The number of carbonyl (C=O) groups excluding carboxylic acids is 2. The Morgan fingerprint density at radius 2 is 1.15 bits per heavy atom. The Labute approximate surface area is 512 Å². The molecule has 14 N–H and O–H groups in total. The Morgan fingerprint density at radius 1 is 0.568 bits per heavy atom. The number of aliphatic hydroxyl groups is 14. The zero-order valence-electron chi connectivity index (χ0n) is 51.7. The van der Waals surface area contributed by atoms with E-state index in [9.17, 15) is 76.3 Å². The average molecular weight is 1260 g/mol. The smallest absolute Gasteiger partial charge is 0.315 e. The first-order chi connectivity index (χ1) is 41.2. The van der Waals surface area contributed by atoms with Crippen LogP contribution in [0.4, 0.5) is 0 Å². The molecule has 1 unspecified atom stereocenters. The summed E-state index contributed by atoms with van der Waals surface area (Å²) in [6, 6.07) is 0. The minimum atomic E-state index is -1.92. The molecule has 0 bridgehead atoms. The summed E-state index contributed by atoms with van der Waals surface area (Å²) in [7, 11) is 0. The van der Waals surface area contributed by atoms with Crippen molar-refractivity contribution in [2.75, 3.05) is 26.4 Å². The maximum atomic E-state index is 15.3. The highest BCUT2D eigenvalue weighted by Crippen LogP contribution is 2.76. The number of esters is 2. The van der Waals surface area contributed by atoms with Crippen molar-refractivity contribution in [3.63, 3.8) is 0 Å². The molecule has 4 saturated carbocycles. The molecule has 5 aliphatic carbocycles. The molecular formula is C61H98O27. The summed E-state index contributed by atoms with van der Waals surface area (Å²) in [5.41, 5.74) is -2.01. The Hall–Kier alpha value is -2.24. The number of allylic oxidation sites excluding steroid dienone is 2. The second-order valence-corrected chi connectivity index (χ2v) is 29.1. The molecule has 88 heavy (non-hydrogen) atoms. The molecule has 0 radical (unpaired) electrons. The summed E-state index contributed by atoms with van der Waals surface area (Å²) in [6.45, 7) is 15.6. The maximum absolute atomic E-state index is 15.3. The molecule has 33 atom stereocenters. The van der Waals surface area contributed by atoms with E-state index in [-0.39, 0.29) is 47.2 Å². The van der Waals surface area contributed by atoms with Crippen molar-refractivity contribution >= 4 is 11.9 Å². The fourth-order valence-corrected chi connectivity index (χ4v) is 17.7. The first-order valence-corrected chi connectivity index (χ1v) is 31.5. The topological polar surface area (TPSA) is 419 Å². The first-order valence-electron chi connectivity index (χ1n) is 31.5. The lowest BCUT2D eigenvalue weighted by molar-refractivity contribution is -0.365. The van der Waals surface area contributed by atoms with Crippen molar-refractivity contribution < 1.29 is 133 Å². The fourth-order valence-electron chi connectivity index (χ4n) is 17.7. The first kappa shape index (κ1) is 68.6. The summed E-state index contributed by atoms with van der Waals surface area (Å²) in [6.07, 6.45) is -30.1. The highest BCUT2D eigenvalue weighted by Gasteiger charge is 2.71. The predicted octanol–water partition coefficient (Wildman–Crippen LogP) is -1.97. The molecule has 27 heteroatoms. The van der Waals surface area contributed by atoms with Crippen LogP contribution in [0, 0.1) is 50.2 Å². The predicted molar refractivity (Wildman–Crippen MR) is 298 cm³/mol. The van der Waals surface area contributed by atoms with Gasteiger partial charge in [0.05, 0.1) is 43.5 Å². The van der Waals surface area contributed by atoms with E-state index in [2.05, 4.69) is 40.7 Å². The lowest BCUT2D eigenvalue weighted by Crippen LogP contribution is -2.67. The molecule has 9 fully saturated rings. The molecule has 10 aliphatic rings. The van der Waals surface area contributed by atoms with Gasteiger partial charge in [-0.1, -0.05) is 53.2 Å². The van der Waals surface area contributed by atoms with Gasteiger partial charge in [-0.2, -0.15) is 0 Å². The summed E-state index contributed by atoms with van der Waals surface area (Å²) in [5.74, 6) is -1.65. The van der Waals surface area contributed by atoms with Crippen molar-refractivity contribution in [3.8, 4) is 0 Å². The van der Waals surface area contributed by atoms with E-state index in [4.69, 9.17) is 52.1 Å². The van der Waals surface area contributed by atoms with E-state index in [1.54, 1.807) is 0 Å². The summed E-state index contributed by atoms with van der Waals surface area (Å²) < 4.78 is 65.1. The van der Waals surface area contributed by atoms with Crippen LogP contribution in [0.1, 0.15) is 127 Å². The average Bonchev–Trinajstić information content (AvgIpc) is 0.688. The highest BCUT2D eigenvalue weighted by molar-refractivity contribution is 5.79. The van der Waals surface area contributed by atoms with Gasteiger partial charge in [0, 0.05) is 12.3 Å². The quantitative estimate of drug-likeness (QED) is 0.0509. The van der Waals surface area contributed by atoms with Crippen LogP contribution in [-0.2, 0) is 61.7 Å². The van der Waals surface area contributed by atoms with Crippen LogP contribution in [0.15, 0.2) is 11.6 Å². The summed E-state index contributed by atoms with van der Waals surface area (Å²) in [5, 5.41) is 153. The van der Waals surface area contributed by atoms with E-state index < -0.39 is 195 Å². The SMILES string of the molecule is CC(=O)OC[C@H]1O[C@@H](OC[C@H]2O[C@@H](OC(=O)[C@]34CCC(C)(C)C[C@H]3C3=CC[C@@H]5[C@@]6(C)CC[C@H](O[C@@H]7OC[C@H](O)[C@H](O)[C@H]7O[C@@H]7O[C@@H](C)[C@H](O)[C@@H](O)[C@H]7O)[C@@](C)(CO)[C@@H]6CC[C@@]5(C)[C@]3(C)CC4)[C@H](O)[C@@H](O)[C@@H]2O)C(O)[C@@H](O)[C@@H]1O[C@@H]1O[C@@H](C)[C@H](O)[C@@H](O)[C@H]1O. The molecule has 0 aromatic heterocycles. The summed E-state index contributed by atoms with van der Waals surface area (Å²) >= 11 is 0. The molecule has 0 aromatic rings.